The quantitative estimate of drug-likeness (QED) is 0.895. The minimum atomic E-state index is -0.896. The molecule has 1 amide bonds. The number of aliphatic hydroxyl groups is 1. The van der Waals surface area contributed by atoms with Gasteiger partial charge in [-0.05, 0) is 54.4 Å². The Morgan fingerprint density at radius 1 is 1.50 bits per heavy atom. The maximum Gasteiger partial charge on any atom is 0.252 e. The van der Waals surface area contributed by atoms with E-state index >= 15 is 0 Å². The Hall–Kier alpha value is -0.870. The number of amides is 1. The molecule has 0 saturated carbocycles. The second-order valence-corrected chi connectivity index (χ2v) is 5.33. The molecule has 0 radical (unpaired) electrons. The molecule has 3 nitrogen and oxygen atoms in total. The van der Waals surface area contributed by atoms with E-state index in [1.54, 1.807) is 19.9 Å². The SMILES string of the molecule is Cc1ccc(C(=O)NCC(C)(C)O)c(Br)c1. The first-order valence-corrected chi connectivity index (χ1v) is 5.85. The number of nitrogens with one attached hydrogen (secondary N) is 1. The lowest BCUT2D eigenvalue weighted by molar-refractivity contribution is 0.0694. The Labute approximate surface area is 104 Å². The second-order valence-electron chi connectivity index (χ2n) is 4.48. The van der Waals surface area contributed by atoms with Crippen LogP contribution < -0.4 is 5.32 Å². The van der Waals surface area contributed by atoms with Crippen molar-refractivity contribution in [2.75, 3.05) is 6.54 Å². The van der Waals surface area contributed by atoms with Gasteiger partial charge in [0.15, 0.2) is 0 Å². The standard InChI is InChI=1S/C12H16BrNO2/c1-8-4-5-9(10(13)6-8)11(15)14-7-12(2,3)16/h4-6,16H,7H2,1-3H3,(H,14,15). The number of halogens is 1. The van der Waals surface area contributed by atoms with Gasteiger partial charge in [0.25, 0.3) is 5.91 Å². The lowest BCUT2D eigenvalue weighted by atomic mass is 10.1. The number of hydrogen-bond donors (Lipinski definition) is 2. The predicted octanol–water partition coefficient (Wildman–Crippen LogP) is 2.26. The van der Waals surface area contributed by atoms with Crippen LogP contribution in [-0.2, 0) is 0 Å². The van der Waals surface area contributed by atoms with Crippen molar-refractivity contribution in [1.82, 2.24) is 5.32 Å². The lowest BCUT2D eigenvalue weighted by Gasteiger charge is -2.17. The van der Waals surface area contributed by atoms with Crippen LogP contribution in [0.15, 0.2) is 22.7 Å². The molecule has 0 heterocycles. The van der Waals surface area contributed by atoms with Crippen LogP contribution in [0.25, 0.3) is 0 Å². The molecule has 0 aliphatic rings. The molecule has 1 aromatic rings. The summed E-state index contributed by atoms with van der Waals surface area (Å²) in [5.74, 6) is -0.186. The van der Waals surface area contributed by atoms with Gasteiger partial charge in [-0.2, -0.15) is 0 Å². The average molecular weight is 286 g/mol. The lowest BCUT2D eigenvalue weighted by Crippen LogP contribution is -2.38. The summed E-state index contributed by atoms with van der Waals surface area (Å²) in [6.45, 7) is 5.49. The Balaban J connectivity index is 2.74. The van der Waals surface area contributed by atoms with Crippen molar-refractivity contribution >= 4 is 21.8 Å². The molecule has 0 spiro atoms. The van der Waals surface area contributed by atoms with Crippen LogP contribution in [0.2, 0.25) is 0 Å². The molecule has 0 atom stereocenters. The molecule has 16 heavy (non-hydrogen) atoms. The molecule has 1 aromatic carbocycles. The van der Waals surface area contributed by atoms with Crippen LogP contribution >= 0.6 is 15.9 Å². The van der Waals surface area contributed by atoms with E-state index in [4.69, 9.17) is 0 Å². The average Bonchev–Trinajstić information content (AvgIpc) is 2.13. The number of rotatable bonds is 3. The molecule has 0 fully saturated rings. The number of hydrogen-bond acceptors (Lipinski definition) is 2. The van der Waals surface area contributed by atoms with Gasteiger partial charge in [-0.25, -0.2) is 0 Å². The van der Waals surface area contributed by atoms with Crippen molar-refractivity contribution in [3.63, 3.8) is 0 Å². The van der Waals surface area contributed by atoms with Crippen molar-refractivity contribution < 1.29 is 9.90 Å². The van der Waals surface area contributed by atoms with Gasteiger partial charge in [-0.15, -0.1) is 0 Å². The molecule has 0 aromatic heterocycles. The summed E-state index contributed by atoms with van der Waals surface area (Å²) >= 11 is 3.34. The van der Waals surface area contributed by atoms with Crippen LogP contribution in [0.4, 0.5) is 0 Å². The zero-order chi connectivity index (χ0) is 12.3. The highest BCUT2D eigenvalue weighted by atomic mass is 79.9. The van der Waals surface area contributed by atoms with Gasteiger partial charge >= 0.3 is 0 Å². The van der Waals surface area contributed by atoms with E-state index in [1.165, 1.54) is 0 Å². The normalized spacial score (nSPS) is 11.3. The minimum absolute atomic E-state index is 0.186. The highest BCUT2D eigenvalue weighted by Gasteiger charge is 2.16. The summed E-state index contributed by atoms with van der Waals surface area (Å²) in [5, 5.41) is 12.2. The second kappa shape index (κ2) is 4.97. The first-order chi connectivity index (χ1) is 7.29. The maximum absolute atomic E-state index is 11.8. The molecule has 0 aliphatic carbocycles. The van der Waals surface area contributed by atoms with Gasteiger partial charge < -0.3 is 10.4 Å². The molecule has 88 valence electrons. The summed E-state index contributed by atoms with van der Waals surface area (Å²) in [6.07, 6.45) is 0. The summed E-state index contributed by atoms with van der Waals surface area (Å²) in [4.78, 5) is 11.8. The number of carbonyl (C=O) groups excluding carboxylic acids is 1. The molecule has 0 saturated heterocycles. The first kappa shape index (κ1) is 13.2. The van der Waals surface area contributed by atoms with Crippen molar-refractivity contribution in [2.45, 2.75) is 26.4 Å². The van der Waals surface area contributed by atoms with E-state index < -0.39 is 5.60 Å². The van der Waals surface area contributed by atoms with Crippen molar-refractivity contribution in [3.8, 4) is 0 Å². The number of carbonyl (C=O) groups is 1. The largest absolute Gasteiger partial charge is 0.389 e. The van der Waals surface area contributed by atoms with E-state index in [-0.39, 0.29) is 12.5 Å². The monoisotopic (exact) mass is 285 g/mol. The van der Waals surface area contributed by atoms with Crippen LogP contribution in [-0.4, -0.2) is 23.2 Å². The fraction of sp³-hybridized carbons (Fsp3) is 0.417. The summed E-state index contributed by atoms with van der Waals surface area (Å²) in [6, 6.07) is 5.53. The highest BCUT2D eigenvalue weighted by molar-refractivity contribution is 9.10. The van der Waals surface area contributed by atoms with Gasteiger partial charge in [-0.3, -0.25) is 4.79 Å². The fourth-order valence-corrected chi connectivity index (χ4v) is 1.87. The van der Waals surface area contributed by atoms with Crippen molar-refractivity contribution in [2.24, 2.45) is 0 Å². The number of aryl methyl sites for hydroxylation is 1. The van der Waals surface area contributed by atoms with Gasteiger partial charge in [0.2, 0.25) is 0 Å². The van der Waals surface area contributed by atoms with Crippen LogP contribution in [0.3, 0.4) is 0 Å². The minimum Gasteiger partial charge on any atom is -0.389 e. The molecular formula is C12H16BrNO2. The fourth-order valence-electron chi connectivity index (χ4n) is 1.20. The van der Waals surface area contributed by atoms with E-state index in [1.807, 2.05) is 19.1 Å². The van der Waals surface area contributed by atoms with E-state index in [9.17, 15) is 9.90 Å². The van der Waals surface area contributed by atoms with Gasteiger partial charge in [0.05, 0.1) is 11.2 Å². The van der Waals surface area contributed by atoms with Crippen LogP contribution in [0.5, 0.6) is 0 Å². The summed E-state index contributed by atoms with van der Waals surface area (Å²) in [5.41, 5.74) is 0.771. The topological polar surface area (TPSA) is 49.3 Å². The van der Waals surface area contributed by atoms with Crippen molar-refractivity contribution in [3.05, 3.63) is 33.8 Å². The molecule has 2 N–H and O–H groups in total. The molecule has 1 rings (SSSR count). The van der Waals surface area contributed by atoms with Gasteiger partial charge in [0, 0.05) is 11.0 Å². The first-order valence-electron chi connectivity index (χ1n) is 5.06. The molecule has 4 heteroatoms. The molecular weight excluding hydrogens is 270 g/mol. The van der Waals surface area contributed by atoms with Gasteiger partial charge in [-0.1, -0.05) is 6.07 Å². The third kappa shape index (κ3) is 3.94. The Morgan fingerprint density at radius 3 is 2.62 bits per heavy atom. The van der Waals surface area contributed by atoms with Crippen molar-refractivity contribution in [1.29, 1.82) is 0 Å². The summed E-state index contributed by atoms with van der Waals surface area (Å²) in [7, 11) is 0. The summed E-state index contributed by atoms with van der Waals surface area (Å²) < 4.78 is 0.765. The maximum atomic E-state index is 11.8. The van der Waals surface area contributed by atoms with E-state index in [2.05, 4.69) is 21.2 Å². The van der Waals surface area contributed by atoms with E-state index in [0.717, 1.165) is 10.0 Å². The third-order valence-corrected chi connectivity index (χ3v) is 2.71. The third-order valence-electron chi connectivity index (χ3n) is 2.05. The van der Waals surface area contributed by atoms with Gasteiger partial charge in [0.1, 0.15) is 0 Å². The predicted molar refractivity (Wildman–Crippen MR) is 67.5 cm³/mol. The zero-order valence-electron chi connectivity index (χ0n) is 9.67. The highest BCUT2D eigenvalue weighted by Crippen LogP contribution is 2.18. The number of benzene rings is 1. The molecule has 0 bridgehead atoms. The molecule has 0 aliphatic heterocycles. The van der Waals surface area contributed by atoms with Crippen LogP contribution in [0.1, 0.15) is 29.8 Å². The molecule has 0 unspecified atom stereocenters. The Kier molecular flexibility index (Phi) is 4.10. The Morgan fingerprint density at radius 2 is 2.12 bits per heavy atom. The smallest absolute Gasteiger partial charge is 0.252 e. The zero-order valence-corrected chi connectivity index (χ0v) is 11.3. The van der Waals surface area contributed by atoms with Crippen LogP contribution in [0, 0.1) is 6.92 Å². The Bertz CT molecular complexity index is 396. The van der Waals surface area contributed by atoms with E-state index in [0.29, 0.717) is 5.56 Å².